The molecule has 0 bridgehead atoms. The van der Waals surface area contributed by atoms with Crippen molar-refractivity contribution < 1.29 is 28.6 Å². The number of thioether (sulfide) groups is 1. The lowest BCUT2D eigenvalue weighted by Gasteiger charge is -2.26. The third-order valence-electron chi connectivity index (χ3n) is 3.88. The number of carbonyl (C=O) groups is 3. The molecule has 2 amide bonds. The van der Waals surface area contributed by atoms with Gasteiger partial charge < -0.3 is 24.8 Å². The molecule has 0 spiro atoms. The highest BCUT2D eigenvalue weighted by Gasteiger charge is 2.28. The molecule has 9 heteroatoms. The summed E-state index contributed by atoms with van der Waals surface area (Å²) >= 11 is 1.63. The van der Waals surface area contributed by atoms with Crippen LogP contribution in [0.4, 0.5) is 9.59 Å². The average molecular weight is 483 g/mol. The fourth-order valence-electron chi connectivity index (χ4n) is 2.51. The van der Waals surface area contributed by atoms with Crippen molar-refractivity contribution in [2.75, 3.05) is 18.1 Å². The Morgan fingerprint density at radius 3 is 2.15 bits per heavy atom. The lowest BCUT2D eigenvalue weighted by atomic mass is 10.1. The lowest BCUT2D eigenvalue weighted by molar-refractivity contribution is -0.157. The minimum atomic E-state index is -0.794. The number of hydrogen-bond donors (Lipinski definition) is 2. The smallest absolute Gasteiger partial charge is 0.408 e. The monoisotopic (exact) mass is 482 g/mol. The van der Waals surface area contributed by atoms with E-state index in [1.807, 2.05) is 30.3 Å². The Hall–Kier alpha value is -2.42. The van der Waals surface area contributed by atoms with Gasteiger partial charge in [-0.05, 0) is 71.5 Å². The number of amides is 2. The van der Waals surface area contributed by atoms with E-state index in [1.54, 1.807) is 53.3 Å². The number of alkyl carbamates (subject to hydrolysis) is 2. The molecule has 186 valence electrons. The highest BCUT2D eigenvalue weighted by atomic mass is 32.2. The summed E-state index contributed by atoms with van der Waals surface area (Å²) in [6.07, 6.45) is 0.0598. The minimum Gasteiger partial charge on any atom is -0.458 e. The zero-order valence-corrected chi connectivity index (χ0v) is 21.4. The molecule has 0 unspecified atom stereocenters. The third kappa shape index (κ3) is 15.1. The number of esters is 1. The molecule has 0 fully saturated rings. The second-order valence-electron chi connectivity index (χ2n) is 9.48. The first kappa shape index (κ1) is 28.6. The molecule has 0 aliphatic carbocycles. The van der Waals surface area contributed by atoms with E-state index in [0.29, 0.717) is 18.7 Å². The molecule has 0 heterocycles. The zero-order valence-electron chi connectivity index (χ0n) is 20.6. The van der Waals surface area contributed by atoms with Crippen molar-refractivity contribution in [1.82, 2.24) is 10.6 Å². The molecule has 1 aromatic carbocycles. The molecule has 0 aliphatic rings. The molecule has 0 saturated carbocycles. The first-order chi connectivity index (χ1) is 15.4. The Morgan fingerprint density at radius 1 is 0.909 bits per heavy atom. The van der Waals surface area contributed by atoms with Crippen molar-refractivity contribution >= 4 is 29.9 Å². The van der Waals surface area contributed by atoms with E-state index in [0.717, 1.165) is 17.7 Å². The molecule has 0 saturated heterocycles. The molecule has 33 heavy (non-hydrogen) atoms. The van der Waals surface area contributed by atoms with Gasteiger partial charge in [0.1, 0.15) is 23.9 Å². The predicted molar refractivity (Wildman–Crippen MR) is 130 cm³/mol. The van der Waals surface area contributed by atoms with Gasteiger partial charge in [0.25, 0.3) is 0 Å². The van der Waals surface area contributed by atoms with Crippen LogP contribution in [0.5, 0.6) is 0 Å². The van der Waals surface area contributed by atoms with Crippen LogP contribution < -0.4 is 10.6 Å². The highest BCUT2D eigenvalue weighted by Crippen LogP contribution is 2.14. The maximum absolute atomic E-state index is 12.5. The predicted octanol–water partition coefficient (Wildman–Crippen LogP) is 4.66. The van der Waals surface area contributed by atoms with Crippen molar-refractivity contribution in [2.45, 2.75) is 78.2 Å². The van der Waals surface area contributed by atoms with Crippen LogP contribution >= 0.6 is 11.8 Å². The Balaban J connectivity index is 2.31. The molecule has 2 N–H and O–H groups in total. The molecule has 0 aromatic heterocycles. The van der Waals surface area contributed by atoms with Crippen molar-refractivity contribution in [3.63, 3.8) is 0 Å². The van der Waals surface area contributed by atoms with Crippen molar-refractivity contribution in [1.29, 1.82) is 0 Å². The van der Waals surface area contributed by atoms with Crippen LogP contribution in [0.1, 0.15) is 59.9 Å². The number of rotatable bonds is 11. The number of hydrogen-bond acceptors (Lipinski definition) is 7. The summed E-state index contributed by atoms with van der Waals surface area (Å²) in [6.45, 7) is 11.3. The van der Waals surface area contributed by atoms with Crippen LogP contribution in [0.25, 0.3) is 0 Å². The fourth-order valence-corrected chi connectivity index (χ4v) is 3.47. The summed E-state index contributed by atoms with van der Waals surface area (Å²) in [5.74, 6) is 0.932. The summed E-state index contributed by atoms with van der Waals surface area (Å²) in [4.78, 5) is 36.4. The maximum Gasteiger partial charge on any atom is 0.408 e. The molecule has 0 radical (unpaired) electrons. The molecule has 1 aromatic rings. The third-order valence-corrected chi connectivity index (χ3v) is 4.98. The standard InChI is InChI=1S/C24H38N2O6S/c1-23(2,3)31-20(27)19(26-22(29)32-24(4,5)6)13-16-33-15-10-14-25-21(28)30-17-18-11-8-7-9-12-18/h7-9,11-12,19H,10,13-17H2,1-6H3,(H,25,28)(H,26,29)/t19-/m0/s1. The van der Waals surface area contributed by atoms with Gasteiger partial charge in [0.15, 0.2) is 0 Å². The highest BCUT2D eigenvalue weighted by molar-refractivity contribution is 7.99. The Labute approximate surface area is 201 Å². The number of ether oxygens (including phenoxy) is 3. The van der Waals surface area contributed by atoms with E-state index in [1.165, 1.54) is 0 Å². The van der Waals surface area contributed by atoms with Gasteiger partial charge >= 0.3 is 18.2 Å². The molecule has 8 nitrogen and oxygen atoms in total. The summed E-state index contributed by atoms with van der Waals surface area (Å²) in [6, 6.07) is 8.69. The molecule has 1 atom stereocenters. The van der Waals surface area contributed by atoms with Gasteiger partial charge in [-0.1, -0.05) is 30.3 Å². The van der Waals surface area contributed by atoms with Gasteiger partial charge in [-0.2, -0.15) is 11.8 Å². The van der Waals surface area contributed by atoms with E-state index in [4.69, 9.17) is 14.2 Å². The number of carbonyl (C=O) groups excluding carboxylic acids is 3. The minimum absolute atomic E-state index is 0.234. The largest absolute Gasteiger partial charge is 0.458 e. The molecular weight excluding hydrogens is 444 g/mol. The molecule has 0 aliphatic heterocycles. The van der Waals surface area contributed by atoms with Crippen LogP contribution in [-0.2, 0) is 25.6 Å². The fraction of sp³-hybridized carbons (Fsp3) is 0.625. The van der Waals surface area contributed by atoms with Crippen molar-refractivity contribution in [3.05, 3.63) is 35.9 Å². The SMILES string of the molecule is CC(C)(C)OC(=O)N[C@@H](CCSCCCNC(=O)OCc1ccccc1)C(=O)OC(C)(C)C. The first-order valence-electron chi connectivity index (χ1n) is 11.1. The van der Waals surface area contributed by atoms with Gasteiger partial charge in [0, 0.05) is 6.54 Å². The van der Waals surface area contributed by atoms with E-state index in [9.17, 15) is 14.4 Å². The van der Waals surface area contributed by atoms with E-state index < -0.39 is 35.4 Å². The summed E-state index contributed by atoms with van der Waals surface area (Å²) in [5, 5.41) is 5.34. The van der Waals surface area contributed by atoms with Crippen LogP contribution in [0.15, 0.2) is 30.3 Å². The van der Waals surface area contributed by atoms with Gasteiger partial charge in [0.05, 0.1) is 0 Å². The Kier molecular flexibility index (Phi) is 12.1. The van der Waals surface area contributed by atoms with Gasteiger partial charge in [-0.3, -0.25) is 0 Å². The zero-order chi connectivity index (χ0) is 24.9. The molecule has 1 rings (SSSR count). The van der Waals surface area contributed by atoms with Crippen molar-refractivity contribution in [2.24, 2.45) is 0 Å². The summed E-state index contributed by atoms with van der Waals surface area (Å²) < 4.78 is 15.9. The number of benzene rings is 1. The topological polar surface area (TPSA) is 103 Å². The lowest BCUT2D eigenvalue weighted by Crippen LogP contribution is -2.46. The quantitative estimate of drug-likeness (QED) is 0.269. The van der Waals surface area contributed by atoms with Crippen LogP contribution in [0, 0.1) is 0 Å². The van der Waals surface area contributed by atoms with Gasteiger partial charge in [-0.25, -0.2) is 14.4 Å². The summed E-state index contributed by atoms with van der Waals surface area (Å²) in [5.41, 5.74) is -0.381. The number of nitrogens with one attached hydrogen (secondary N) is 2. The van der Waals surface area contributed by atoms with Gasteiger partial charge in [-0.15, -0.1) is 0 Å². The van der Waals surface area contributed by atoms with E-state index in [2.05, 4.69) is 10.6 Å². The normalized spacial score (nSPS) is 12.4. The molecular formula is C24H38N2O6S. The first-order valence-corrected chi connectivity index (χ1v) is 12.3. The Morgan fingerprint density at radius 2 is 1.55 bits per heavy atom. The van der Waals surface area contributed by atoms with Crippen LogP contribution in [-0.4, -0.2) is 53.5 Å². The van der Waals surface area contributed by atoms with E-state index >= 15 is 0 Å². The van der Waals surface area contributed by atoms with Crippen molar-refractivity contribution in [3.8, 4) is 0 Å². The van der Waals surface area contributed by atoms with E-state index in [-0.39, 0.29) is 6.61 Å². The maximum atomic E-state index is 12.5. The summed E-state index contributed by atoms with van der Waals surface area (Å²) in [7, 11) is 0. The van der Waals surface area contributed by atoms with Crippen LogP contribution in [0.3, 0.4) is 0 Å². The second kappa shape index (κ2) is 14.0. The van der Waals surface area contributed by atoms with Crippen LogP contribution in [0.2, 0.25) is 0 Å². The second-order valence-corrected chi connectivity index (χ2v) is 10.7. The Bertz CT molecular complexity index is 744. The van der Waals surface area contributed by atoms with Gasteiger partial charge in [0.2, 0.25) is 0 Å². The average Bonchev–Trinajstić information content (AvgIpc) is 2.68.